The van der Waals surface area contributed by atoms with E-state index >= 15 is 0 Å². The fourth-order valence-electron chi connectivity index (χ4n) is 2.41. The first-order valence-electron chi connectivity index (χ1n) is 8.03. The number of carboxylic acid groups (broad SMARTS) is 1. The highest BCUT2D eigenvalue weighted by atomic mass is 16.5. The lowest BCUT2D eigenvalue weighted by molar-refractivity contribution is 0.0697. The van der Waals surface area contributed by atoms with Gasteiger partial charge in [0.2, 0.25) is 0 Å². The lowest BCUT2D eigenvalue weighted by Crippen LogP contribution is -2.02. The molecule has 0 aliphatic carbocycles. The van der Waals surface area contributed by atoms with Gasteiger partial charge >= 0.3 is 5.97 Å². The van der Waals surface area contributed by atoms with Gasteiger partial charge in [0.1, 0.15) is 12.4 Å². The number of nitrogens with one attached hydrogen (secondary N) is 1. The van der Waals surface area contributed by atoms with E-state index in [4.69, 9.17) is 9.84 Å². The van der Waals surface area contributed by atoms with E-state index in [0.717, 1.165) is 22.6 Å². The van der Waals surface area contributed by atoms with Crippen LogP contribution in [-0.4, -0.2) is 11.1 Å². The predicted molar refractivity (Wildman–Crippen MR) is 97.9 cm³/mol. The van der Waals surface area contributed by atoms with Gasteiger partial charge in [-0.15, -0.1) is 0 Å². The van der Waals surface area contributed by atoms with Crippen LogP contribution in [0.25, 0.3) is 0 Å². The van der Waals surface area contributed by atoms with Crippen molar-refractivity contribution in [1.29, 1.82) is 0 Å². The molecule has 0 spiro atoms. The van der Waals surface area contributed by atoms with Crippen molar-refractivity contribution in [3.8, 4) is 5.75 Å². The van der Waals surface area contributed by atoms with E-state index in [1.807, 2.05) is 60.7 Å². The van der Waals surface area contributed by atoms with E-state index in [0.29, 0.717) is 13.2 Å². The van der Waals surface area contributed by atoms with Crippen molar-refractivity contribution >= 4 is 11.7 Å². The molecule has 0 fully saturated rings. The molecule has 3 aromatic carbocycles. The quantitative estimate of drug-likeness (QED) is 0.665. The van der Waals surface area contributed by atoms with E-state index in [-0.39, 0.29) is 5.56 Å². The Balaban J connectivity index is 1.54. The minimum atomic E-state index is -0.927. The highest BCUT2D eigenvalue weighted by molar-refractivity contribution is 5.88. The Labute approximate surface area is 146 Å². The molecule has 0 radical (unpaired) electrons. The van der Waals surface area contributed by atoms with E-state index < -0.39 is 5.97 Å². The molecule has 0 saturated heterocycles. The van der Waals surface area contributed by atoms with E-state index in [9.17, 15) is 4.79 Å². The van der Waals surface area contributed by atoms with Gasteiger partial charge in [-0.3, -0.25) is 0 Å². The van der Waals surface area contributed by atoms with Crippen molar-refractivity contribution in [3.05, 3.63) is 95.6 Å². The van der Waals surface area contributed by atoms with E-state index in [1.165, 1.54) is 0 Å². The zero-order valence-electron chi connectivity index (χ0n) is 13.7. The summed E-state index contributed by atoms with van der Waals surface area (Å²) in [6.45, 7) is 1.16. The van der Waals surface area contributed by atoms with Crippen molar-refractivity contribution in [1.82, 2.24) is 0 Å². The van der Waals surface area contributed by atoms with Crippen molar-refractivity contribution < 1.29 is 14.6 Å². The third kappa shape index (κ3) is 4.85. The average molecular weight is 333 g/mol. The van der Waals surface area contributed by atoms with Gasteiger partial charge in [-0.25, -0.2) is 4.79 Å². The second-order valence-electron chi connectivity index (χ2n) is 5.66. The molecule has 0 heterocycles. The van der Waals surface area contributed by atoms with Crippen LogP contribution in [0, 0.1) is 0 Å². The smallest absolute Gasteiger partial charge is 0.335 e. The first-order chi connectivity index (χ1) is 12.2. The molecule has 0 aliphatic heterocycles. The highest BCUT2D eigenvalue weighted by Crippen LogP contribution is 2.16. The summed E-state index contributed by atoms with van der Waals surface area (Å²) in [6, 6.07) is 24.7. The van der Waals surface area contributed by atoms with Crippen molar-refractivity contribution in [2.45, 2.75) is 13.2 Å². The van der Waals surface area contributed by atoms with Crippen LogP contribution in [0.3, 0.4) is 0 Å². The zero-order valence-corrected chi connectivity index (χ0v) is 13.7. The van der Waals surface area contributed by atoms with Gasteiger partial charge in [0, 0.05) is 12.2 Å². The first-order valence-corrected chi connectivity index (χ1v) is 8.03. The summed E-state index contributed by atoms with van der Waals surface area (Å²) >= 11 is 0. The molecule has 4 nitrogen and oxygen atoms in total. The van der Waals surface area contributed by atoms with Crippen LogP contribution in [0.1, 0.15) is 21.5 Å². The van der Waals surface area contributed by atoms with Gasteiger partial charge in [0.05, 0.1) is 5.56 Å². The summed E-state index contributed by atoms with van der Waals surface area (Å²) in [4.78, 5) is 11.0. The molecular formula is C21H19NO3. The molecule has 0 amide bonds. The van der Waals surface area contributed by atoms with Crippen LogP contribution in [0.4, 0.5) is 5.69 Å². The lowest BCUT2D eigenvalue weighted by Gasteiger charge is -2.09. The lowest BCUT2D eigenvalue weighted by atomic mass is 10.2. The highest BCUT2D eigenvalue weighted by Gasteiger charge is 2.03. The molecule has 3 aromatic rings. The number of ether oxygens (including phenoxy) is 1. The van der Waals surface area contributed by atoms with Crippen LogP contribution in [-0.2, 0) is 13.2 Å². The van der Waals surface area contributed by atoms with Crippen molar-refractivity contribution in [3.63, 3.8) is 0 Å². The predicted octanol–water partition coefficient (Wildman–Crippen LogP) is 4.58. The monoisotopic (exact) mass is 333 g/mol. The van der Waals surface area contributed by atoms with Crippen LogP contribution in [0.15, 0.2) is 78.9 Å². The molecule has 0 saturated carbocycles. The van der Waals surface area contributed by atoms with E-state index in [1.54, 1.807) is 18.2 Å². The molecule has 0 bridgehead atoms. The maximum absolute atomic E-state index is 11.0. The molecular weight excluding hydrogens is 314 g/mol. The number of anilines is 1. The number of aromatic carboxylic acids is 1. The number of carboxylic acids is 1. The van der Waals surface area contributed by atoms with Crippen LogP contribution < -0.4 is 10.1 Å². The fraction of sp³-hybridized carbons (Fsp3) is 0.0952. The molecule has 0 aliphatic rings. The number of carbonyl (C=O) groups is 1. The molecule has 0 unspecified atom stereocenters. The minimum Gasteiger partial charge on any atom is -0.489 e. The summed E-state index contributed by atoms with van der Waals surface area (Å²) < 4.78 is 5.77. The Morgan fingerprint density at radius 3 is 2.36 bits per heavy atom. The number of rotatable bonds is 7. The standard InChI is InChI=1S/C21H19NO3/c23-21(24)18-7-4-8-19(13-18)22-14-16-9-11-20(12-10-16)25-15-17-5-2-1-3-6-17/h1-13,22H,14-15H2,(H,23,24). The molecule has 25 heavy (non-hydrogen) atoms. The van der Waals surface area contributed by atoms with Gasteiger partial charge in [-0.1, -0.05) is 48.5 Å². The summed E-state index contributed by atoms with van der Waals surface area (Å²) in [6.07, 6.45) is 0. The molecule has 0 aromatic heterocycles. The SMILES string of the molecule is O=C(O)c1cccc(NCc2ccc(OCc3ccccc3)cc2)c1. The summed E-state index contributed by atoms with van der Waals surface area (Å²) in [5, 5.41) is 12.2. The Hall–Kier alpha value is -3.27. The summed E-state index contributed by atoms with van der Waals surface area (Å²) in [5.74, 6) is -0.107. The summed E-state index contributed by atoms with van der Waals surface area (Å²) in [5.41, 5.74) is 3.28. The van der Waals surface area contributed by atoms with Gasteiger partial charge in [-0.2, -0.15) is 0 Å². The van der Waals surface area contributed by atoms with Crippen LogP contribution in [0.5, 0.6) is 5.75 Å². The molecule has 3 rings (SSSR count). The van der Waals surface area contributed by atoms with Gasteiger partial charge < -0.3 is 15.2 Å². The second kappa shape index (κ2) is 8.02. The minimum absolute atomic E-state index is 0.273. The Bertz CT molecular complexity index is 829. The Kier molecular flexibility index (Phi) is 5.32. The van der Waals surface area contributed by atoms with Crippen LogP contribution in [0.2, 0.25) is 0 Å². The van der Waals surface area contributed by atoms with Gasteiger partial charge in [-0.05, 0) is 41.5 Å². The Morgan fingerprint density at radius 1 is 0.880 bits per heavy atom. The first kappa shape index (κ1) is 16.6. The third-order valence-electron chi connectivity index (χ3n) is 3.78. The molecule has 0 atom stereocenters. The maximum Gasteiger partial charge on any atom is 0.335 e. The molecule has 126 valence electrons. The average Bonchev–Trinajstić information content (AvgIpc) is 2.66. The fourth-order valence-corrected chi connectivity index (χ4v) is 2.41. The van der Waals surface area contributed by atoms with Crippen molar-refractivity contribution in [2.24, 2.45) is 0 Å². The zero-order chi connectivity index (χ0) is 17.5. The largest absolute Gasteiger partial charge is 0.489 e. The van der Waals surface area contributed by atoms with Gasteiger partial charge in [0.25, 0.3) is 0 Å². The number of hydrogen-bond acceptors (Lipinski definition) is 3. The Morgan fingerprint density at radius 2 is 1.64 bits per heavy atom. The van der Waals surface area contributed by atoms with Crippen LogP contribution >= 0.6 is 0 Å². The van der Waals surface area contributed by atoms with E-state index in [2.05, 4.69) is 5.32 Å². The van der Waals surface area contributed by atoms with Crippen molar-refractivity contribution in [2.75, 3.05) is 5.32 Å². The second-order valence-corrected chi connectivity index (χ2v) is 5.66. The summed E-state index contributed by atoms with van der Waals surface area (Å²) in [7, 11) is 0. The third-order valence-corrected chi connectivity index (χ3v) is 3.78. The number of hydrogen-bond donors (Lipinski definition) is 2. The topological polar surface area (TPSA) is 58.6 Å². The molecule has 2 N–H and O–H groups in total. The van der Waals surface area contributed by atoms with Gasteiger partial charge in [0.15, 0.2) is 0 Å². The molecule has 4 heteroatoms. The maximum atomic E-state index is 11.0. The normalized spacial score (nSPS) is 10.2. The number of benzene rings is 3.